The van der Waals surface area contributed by atoms with Crippen LogP contribution in [-0.4, -0.2) is 6.36 Å². The van der Waals surface area contributed by atoms with Gasteiger partial charge in [0.2, 0.25) is 0 Å². The van der Waals surface area contributed by atoms with E-state index in [4.69, 9.17) is 17.3 Å². The predicted octanol–water partition coefficient (Wildman–Crippen LogP) is 3.58. The number of anilines is 1. The number of alkyl halides is 3. The molecule has 2 N–H and O–H groups in total. The Morgan fingerprint density at radius 2 is 1.93 bits per heavy atom. The number of hydrogen-bond donors (Lipinski definition) is 1. The van der Waals surface area contributed by atoms with Crippen molar-refractivity contribution in [2.75, 3.05) is 5.73 Å². The fraction of sp³-hybridized carbons (Fsp3) is 0.143. The summed E-state index contributed by atoms with van der Waals surface area (Å²) in [6, 6.07) is 2.60. The first-order valence-corrected chi connectivity index (χ1v) is 4.47. The maximum Gasteiger partial charge on any atom is 0.573 e. The van der Waals surface area contributed by atoms with Gasteiger partial charge < -0.3 is 10.5 Å². The van der Waals surface area contributed by atoms with Gasteiger partial charge in [-0.25, -0.2) is 0 Å². The molecule has 0 aliphatic carbocycles. The molecule has 1 aromatic rings. The van der Waals surface area contributed by atoms with E-state index in [2.05, 4.69) is 20.7 Å². The highest BCUT2D eigenvalue weighted by atomic mass is 79.9. The molecule has 0 aromatic heterocycles. The molecule has 0 aliphatic rings. The quantitative estimate of drug-likeness (QED) is 0.802. The molecule has 0 spiro atoms. The van der Waals surface area contributed by atoms with E-state index in [-0.39, 0.29) is 15.2 Å². The lowest BCUT2D eigenvalue weighted by molar-refractivity contribution is -0.274. The van der Waals surface area contributed by atoms with Crippen LogP contribution in [0.4, 0.5) is 18.9 Å². The maximum atomic E-state index is 11.9. The molecule has 0 saturated heterocycles. The third-order valence-corrected chi connectivity index (χ3v) is 2.41. The molecular weight excluding hydrogens is 286 g/mol. The van der Waals surface area contributed by atoms with Crippen LogP contribution in [0.2, 0.25) is 5.02 Å². The summed E-state index contributed by atoms with van der Waals surface area (Å²) in [5, 5.41) is -0.164. The van der Waals surface area contributed by atoms with Crippen molar-refractivity contribution in [3.05, 3.63) is 21.6 Å². The van der Waals surface area contributed by atoms with Gasteiger partial charge in [0.1, 0.15) is 0 Å². The molecule has 1 aromatic carbocycles. The molecule has 78 valence electrons. The Balaban J connectivity index is 3.13. The number of nitrogen functional groups attached to an aromatic ring is 1. The van der Waals surface area contributed by atoms with E-state index in [9.17, 15) is 13.2 Å². The van der Waals surface area contributed by atoms with Crippen molar-refractivity contribution in [1.82, 2.24) is 0 Å². The normalized spacial score (nSPS) is 11.5. The Hall–Kier alpha value is -0.620. The third kappa shape index (κ3) is 2.68. The molecule has 0 radical (unpaired) electrons. The number of benzene rings is 1. The Morgan fingerprint density at radius 1 is 1.36 bits per heavy atom. The lowest BCUT2D eigenvalue weighted by Gasteiger charge is -2.12. The molecule has 0 atom stereocenters. The molecule has 2 nitrogen and oxygen atoms in total. The largest absolute Gasteiger partial charge is 0.573 e. The lowest BCUT2D eigenvalue weighted by Crippen LogP contribution is -2.17. The topological polar surface area (TPSA) is 35.2 Å². The van der Waals surface area contributed by atoms with Crippen molar-refractivity contribution in [2.24, 2.45) is 0 Å². The van der Waals surface area contributed by atoms with E-state index in [1.54, 1.807) is 0 Å². The van der Waals surface area contributed by atoms with Crippen molar-refractivity contribution >= 4 is 33.2 Å². The van der Waals surface area contributed by atoms with Crippen LogP contribution in [0.5, 0.6) is 5.75 Å². The van der Waals surface area contributed by atoms with Crippen LogP contribution < -0.4 is 10.5 Å². The molecule has 0 saturated carbocycles. The number of rotatable bonds is 1. The average Bonchev–Trinajstić information content (AvgIpc) is 2.04. The van der Waals surface area contributed by atoms with E-state index in [1.807, 2.05) is 0 Å². The van der Waals surface area contributed by atoms with Gasteiger partial charge in [-0.1, -0.05) is 11.6 Å². The van der Waals surface area contributed by atoms with Gasteiger partial charge in [0.25, 0.3) is 0 Å². The minimum atomic E-state index is -4.79. The highest BCUT2D eigenvalue weighted by Crippen LogP contribution is 2.39. The number of ether oxygens (including phenoxy) is 1. The van der Waals surface area contributed by atoms with Crippen molar-refractivity contribution in [2.45, 2.75) is 6.36 Å². The first-order valence-electron chi connectivity index (χ1n) is 3.30. The Kier molecular flexibility index (Phi) is 3.16. The molecule has 7 heteroatoms. The zero-order valence-corrected chi connectivity index (χ0v) is 8.87. The average molecular weight is 290 g/mol. The van der Waals surface area contributed by atoms with Gasteiger partial charge in [-0.05, 0) is 28.1 Å². The molecule has 14 heavy (non-hydrogen) atoms. The van der Waals surface area contributed by atoms with Crippen molar-refractivity contribution in [3.63, 3.8) is 0 Å². The second-order valence-corrected chi connectivity index (χ2v) is 3.53. The van der Waals surface area contributed by atoms with Crippen molar-refractivity contribution in [1.29, 1.82) is 0 Å². The second-order valence-electron chi connectivity index (χ2n) is 2.33. The minimum Gasteiger partial charge on any atom is -0.403 e. The van der Waals surface area contributed by atoms with Gasteiger partial charge in [-0.15, -0.1) is 13.2 Å². The Bertz CT molecular complexity index is 356. The SMILES string of the molecule is Nc1ccc(Cl)c(OC(F)(F)F)c1Br. The van der Waals surface area contributed by atoms with Crippen LogP contribution in [0.3, 0.4) is 0 Å². The van der Waals surface area contributed by atoms with Gasteiger partial charge in [-0.2, -0.15) is 0 Å². The predicted molar refractivity (Wildman–Crippen MR) is 50.2 cm³/mol. The first kappa shape index (κ1) is 11.5. The highest BCUT2D eigenvalue weighted by molar-refractivity contribution is 9.10. The fourth-order valence-corrected chi connectivity index (χ4v) is 1.49. The first-order chi connectivity index (χ1) is 6.31. The van der Waals surface area contributed by atoms with Crippen LogP contribution in [0.15, 0.2) is 16.6 Å². The third-order valence-electron chi connectivity index (χ3n) is 1.30. The molecule has 0 amide bonds. The monoisotopic (exact) mass is 289 g/mol. The van der Waals surface area contributed by atoms with Crippen molar-refractivity contribution < 1.29 is 17.9 Å². The molecule has 0 aliphatic heterocycles. The zero-order chi connectivity index (χ0) is 10.9. The summed E-state index contributed by atoms with van der Waals surface area (Å²) < 4.78 is 39.3. The standard InChI is InChI=1S/C7H4BrClF3NO/c8-5-4(13)2-1-3(9)6(5)14-7(10,11)12/h1-2H,13H2. The Labute approximate surface area is 90.9 Å². The smallest absolute Gasteiger partial charge is 0.403 e. The van der Waals surface area contributed by atoms with E-state index in [0.29, 0.717) is 0 Å². The van der Waals surface area contributed by atoms with Gasteiger partial charge in [0, 0.05) is 5.69 Å². The van der Waals surface area contributed by atoms with Crippen LogP contribution in [0.25, 0.3) is 0 Å². The lowest BCUT2D eigenvalue weighted by atomic mass is 10.3. The fourth-order valence-electron chi connectivity index (χ4n) is 0.757. The number of halogens is 5. The number of hydrogen-bond acceptors (Lipinski definition) is 2. The minimum absolute atomic E-state index is 0.0117. The zero-order valence-electron chi connectivity index (χ0n) is 6.53. The summed E-state index contributed by atoms with van der Waals surface area (Å²) in [6.45, 7) is 0. The van der Waals surface area contributed by atoms with E-state index >= 15 is 0 Å². The van der Waals surface area contributed by atoms with E-state index < -0.39 is 12.1 Å². The van der Waals surface area contributed by atoms with Gasteiger partial charge in [-0.3, -0.25) is 0 Å². The van der Waals surface area contributed by atoms with E-state index in [1.165, 1.54) is 12.1 Å². The summed E-state index contributed by atoms with van der Waals surface area (Å²) in [4.78, 5) is 0. The van der Waals surface area contributed by atoms with Crippen LogP contribution in [0.1, 0.15) is 0 Å². The van der Waals surface area contributed by atoms with Gasteiger partial charge >= 0.3 is 6.36 Å². The van der Waals surface area contributed by atoms with Gasteiger partial charge in [0.05, 0.1) is 9.50 Å². The molecule has 0 bridgehead atoms. The molecule has 0 unspecified atom stereocenters. The summed E-state index contributed by atoms with van der Waals surface area (Å²) >= 11 is 8.35. The molecule has 0 fully saturated rings. The number of nitrogens with two attached hydrogens (primary N) is 1. The van der Waals surface area contributed by atoms with Crippen molar-refractivity contribution in [3.8, 4) is 5.75 Å². The Morgan fingerprint density at radius 3 is 2.43 bits per heavy atom. The molecule has 1 rings (SSSR count). The van der Waals surface area contributed by atoms with Crippen LogP contribution in [-0.2, 0) is 0 Å². The molecule has 0 heterocycles. The summed E-state index contributed by atoms with van der Waals surface area (Å²) in [7, 11) is 0. The maximum absolute atomic E-state index is 11.9. The molecular formula is C7H4BrClF3NO. The van der Waals surface area contributed by atoms with Crippen LogP contribution >= 0.6 is 27.5 Å². The summed E-state index contributed by atoms with van der Waals surface area (Å²) in [5.41, 5.74) is 5.47. The summed E-state index contributed by atoms with van der Waals surface area (Å²) in [5.74, 6) is -0.529. The van der Waals surface area contributed by atoms with Crippen LogP contribution in [0, 0.1) is 0 Å². The second kappa shape index (κ2) is 3.86. The van der Waals surface area contributed by atoms with E-state index in [0.717, 1.165) is 0 Å². The summed E-state index contributed by atoms with van der Waals surface area (Å²) in [6.07, 6.45) is -4.79. The highest BCUT2D eigenvalue weighted by Gasteiger charge is 2.33. The van der Waals surface area contributed by atoms with Gasteiger partial charge in [0.15, 0.2) is 5.75 Å².